The maximum absolute atomic E-state index is 12.6. The molecule has 0 saturated carbocycles. The zero-order chi connectivity index (χ0) is 37.0. The molecule has 0 radical (unpaired) electrons. The average Bonchev–Trinajstić information content (AvgIpc) is 3.17. The highest BCUT2D eigenvalue weighted by Crippen LogP contribution is 2.32. The van der Waals surface area contributed by atoms with Gasteiger partial charge in [-0.1, -0.05) is 121 Å². The third-order valence-corrected chi connectivity index (χ3v) is 9.23. The first-order chi connectivity index (χ1) is 25.9. The molecule has 2 saturated heterocycles. The van der Waals surface area contributed by atoms with Gasteiger partial charge in [0, 0.05) is 6.92 Å². The molecule has 2 aliphatic heterocycles. The normalized spacial score (nSPS) is 28.7. The molecule has 4 aromatic rings. The molecule has 0 amide bonds. The Morgan fingerprint density at radius 1 is 0.547 bits per heavy atom. The Bertz CT molecular complexity index is 1650. The Labute approximate surface area is 310 Å². The lowest BCUT2D eigenvalue weighted by molar-refractivity contribution is -0.337. The number of carbonyl (C=O) groups is 1. The van der Waals surface area contributed by atoms with Crippen molar-refractivity contribution < 1.29 is 52.9 Å². The fourth-order valence-corrected chi connectivity index (χ4v) is 6.53. The van der Waals surface area contributed by atoms with Crippen LogP contribution in [-0.4, -0.2) is 84.2 Å². The standard InChI is InChI=1S/C42H48O11/c1-28-36(46-23-30-15-7-3-8-16-30)39(49-26-33-21-13-6-14-22-33)40(52-29(2)43)42(51-28)50-27-34-37(47-24-31-17-9-4-10-18-31)35(44)38(41(45)53-34)48-25-32-19-11-5-12-20-32/h3-22,28,34-42,44-45H,23-27H2,1-2H3. The molecule has 11 nitrogen and oxygen atoms in total. The van der Waals surface area contributed by atoms with Crippen molar-refractivity contribution in [1.82, 2.24) is 0 Å². The van der Waals surface area contributed by atoms with Crippen LogP contribution >= 0.6 is 0 Å². The highest BCUT2D eigenvalue weighted by atomic mass is 16.7. The molecule has 2 N–H and O–H groups in total. The van der Waals surface area contributed by atoms with E-state index >= 15 is 0 Å². The lowest BCUT2D eigenvalue weighted by atomic mass is 9.97. The van der Waals surface area contributed by atoms with Crippen LogP contribution in [0, 0.1) is 0 Å². The zero-order valence-corrected chi connectivity index (χ0v) is 29.9. The topological polar surface area (TPSA) is 131 Å². The Hall–Kier alpha value is -4.01. The van der Waals surface area contributed by atoms with Crippen LogP contribution in [0.3, 0.4) is 0 Å². The van der Waals surface area contributed by atoms with Crippen molar-refractivity contribution in [2.24, 2.45) is 0 Å². The number of aliphatic hydroxyl groups excluding tert-OH is 2. The Morgan fingerprint density at radius 2 is 0.962 bits per heavy atom. The first-order valence-electron chi connectivity index (χ1n) is 17.9. The van der Waals surface area contributed by atoms with E-state index in [0.29, 0.717) is 0 Å². The second-order valence-electron chi connectivity index (χ2n) is 13.2. The fraction of sp³-hybridized carbons (Fsp3) is 0.405. The number of ether oxygens (including phenoxy) is 8. The minimum Gasteiger partial charge on any atom is -0.454 e. The Kier molecular flexibility index (Phi) is 14.1. The van der Waals surface area contributed by atoms with Crippen LogP contribution in [0.5, 0.6) is 0 Å². The van der Waals surface area contributed by atoms with E-state index < -0.39 is 67.4 Å². The average molecular weight is 729 g/mol. The molecule has 2 heterocycles. The van der Waals surface area contributed by atoms with Crippen LogP contribution in [0.15, 0.2) is 121 Å². The lowest BCUT2D eigenvalue weighted by Crippen LogP contribution is -2.62. The predicted octanol–water partition coefficient (Wildman–Crippen LogP) is 5.10. The molecule has 10 unspecified atom stereocenters. The highest BCUT2D eigenvalue weighted by molar-refractivity contribution is 5.66. The van der Waals surface area contributed by atoms with E-state index in [1.807, 2.05) is 128 Å². The van der Waals surface area contributed by atoms with Crippen molar-refractivity contribution in [3.63, 3.8) is 0 Å². The molecule has 2 fully saturated rings. The van der Waals surface area contributed by atoms with E-state index in [2.05, 4.69) is 0 Å². The van der Waals surface area contributed by atoms with Gasteiger partial charge >= 0.3 is 5.97 Å². The van der Waals surface area contributed by atoms with Gasteiger partial charge in [0.05, 0.1) is 39.1 Å². The third-order valence-electron chi connectivity index (χ3n) is 9.23. The molecule has 0 aromatic heterocycles. The molecule has 0 aliphatic carbocycles. The number of hydrogen-bond acceptors (Lipinski definition) is 11. The summed E-state index contributed by atoms with van der Waals surface area (Å²) in [6.45, 7) is 3.76. The number of aliphatic hydroxyl groups is 2. The minimum absolute atomic E-state index is 0.144. The second kappa shape index (κ2) is 19.4. The van der Waals surface area contributed by atoms with E-state index in [-0.39, 0.29) is 33.0 Å². The van der Waals surface area contributed by atoms with Gasteiger partial charge < -0.3 is 48.1 Å². The number of esters is 1. The summed E-state index contributed by atoms with van der Waals surface area (Å²) >= 11 is 0. The summed E-state index contributed by atoms with van der Waals surface area (Å²) in [7, 11) is 0. The van der Waals surface area contributed by atoms with Crippen LogP contribution < -0.4 is 0 Å². The van der Waals surface area contributed by atoms with E-state index in [1.54, 1.807) is 0 Å². The van der Waals surface area contributed by atoms with Crippen LogP contribution in [0.1, 0.15) is 36.1 Å². The summed E-state index contributed by atoms with van der Waals surface area (Å²) < 4.78 is 49.7. The van der Waals surface area contributed by atoms with Crippen molar-refractivity contribution in [3.05, 3.63) is 144 Å². The van der Waals surface area contributed by atoms with E-state index in [1.165, 1.54) is 6.92 Å². The number of rotatable bonds is 16. The van der Waals surface area contributed by atoms with Gasteiger partial charge in [-0.25, -0.2) is 0 Å². The summed E-state index contributed by atoms with van der Waals surface area (Å²) in [5.74, 6) is -0.556. The second-order valence-corrected chi connectivity index (χ2v) is 13.2. The van der Waals surface area contributed by atoms with Crippen molar-refractivity contribution in [2.45, 2.75) is 102 Å². The molecule has 53 heavy (non-hydrogen) atoms. The van der Waals surface area contributed by atoms with E-state index in [4.69, 9.17) is 37.9 Å². The third kappa shape index (κ3) is 10.8. The van der Waals surface area contributed by atoms with Crippen molar-refractivity contribution >= 4 is 5.97 Å². The first-order valence-corrected chi connectivity index (χ1v) is 17.9. The molecular weight excluding hydrogens is 680 g/mol. The van der Waals surface area contributed by atoms with Gasteiger partial charge in [0.15, 0.2) is 18.7 Å². The number of hydrogen-bond donors (Lipinski definition) is 2. The van der Waals surface area contributed by atoms with Crippen LogP contribution in [0.2, 0.25) is 0 Å². The summed E-state index contributed by atoms with van der Waals surface area (Å²) in [4.78, 5) is 12.6. The van der Waals surface area contributed by atoms with Crippen molar-refractivity contribution in [3.8, 4) is 0 Å². The molecule has 4 aromatic carbocycles. The molecule has 11 heteroatoms. The summed E-state index contributed by atoms with van der Waals surface area (Å²) in [6, 6.07) is 38.3. The largest absolute Gasteiger partial charge is 0.454 e. The summed E-state index contributed by atoms with van der Waals surface area (Å²) in [5, 5.41) is 22.7. The van der Waals surface area contributed by atoms with Gasteiger partial charge in [-0.15, -0.1) is 0 Å². The maximum Gasteiger partial charge on any atom is 0.303 e. The smallest absolute Gasteiger partial charge is 0.303 e. The van der Waals surface area contributed by atoms with E-state index in [9.17, 15) is 15.0 Å². The first kappa shape index (κ1) is 38.7. The van der Waals surface area contributed by atoms with Gasteiger partial charge in [-0.3, -0.25) is 4.79 Å². The van der Waals surface area contributed by atoms with Gasteiger partial charge in [-0.2, -0.15) is 0 Å². The zero-order valence-electron chi connectivity index (χ0n) is 29.9. The molecule has 6 rings (SSSR count). The molecule has 0 spiro atoms. The number of carbonyl (C=O) groups excluding carboxylic acids is 1. The lowest BCUT2D eigenvalue weighted by Gasteiger charge is -2.46. The molecule has 10 atom stereocenters. The summed E-state index contributed by atoms with van der Waals surface area (Å²) in [6.07, 6.45) is -9.97. The molecular formula is C42H48O11. The van der Waals surface area contributed by atoms with Gasteiger partial charge in [0.1, 0.15) is 36.6 Å². The van der Waals surface area contributed by atoms with Crippen molar-refractivity contribution in [1.29, 1.82) is 0 Å². The molecule has 282 valence electrons. The molecule has 2 aliphatic rings. The van der Waals surface area contributed by atoms with Crippen molar-refractivity contribution in [2.75, 3.05) is 6.61 Å². The van der Waals surface area contributed by atoms with E-state index in [0.717, 1.165) is 22.3 Å². The monoisotopic (exact) mass is 728 g/mol. The van der Waals surface area contributed by atoms with Crippen LogP contribution in [0.25, 0.3) is 0 Å². The SMILES string of the molecule is CC(=O)OC1C(OCC2OC(O)C(OCc3ccccc3)C(O)C2OCc2ccccc2)OC(C)C(OCc2ccccc2)C1OCc1ccccc1. The van der Waals surface area contributed by atoms with Crippen LogP contribution in [-0.2, 0) is 69.1 Å². The highest BCUT2D eigenvalue weighted by Gasteiger charge is 2.51. The van der Waals surface area contributed by atoms with Gasteiger partial charge in [0.25, 0.3) is 0 Å². The van der Waals surface area contributed by atoms with Gasteiger partial charge in [0.2, 0.25) is 0 Å². The summed E-state index contributed by atoms with van der Waals surface area (Å²) in [5.41, 5.74) is 3.64. The maximum atomic E-state index is 12.6. The minimum atomic E-state index is -1.49. The Balaban J connectivity index is 1.20. The van der Waals surface area contributed by atoms with Gasteiger partial charge in [-0.05, 0) is 29.2 Å². The predicted molar refractivity (Wildman–Crippen MR) is 193 cm³/mol. The number of benzene rings is 4. The quantitative estimate of drug-likeness (QED) is 0.150. The fourth-order valence-electron chi connectivity index (χ4n) is 6.53. The Morgan fingerprint density at radius 3 is 1.42 bits per heavy atom. The molecule has 0 bridgehead atoms. The van der Waals surface area contributed by atoms with Crippen LogP contribution in [0.4, 0.5) is 0 Å².